The molecule has 1 heterocycles. The number of benzene rings is 3. The van der Waals surface area contributed by atoms with Gasteiger partial charge in [-0.15, -0.1) is 0 Å². The van der Waals surface area contributed by atoms with Crippen molar-refractivity contribution in [3.8, 4) is 5.75 Å². The maximum absolute atomic E-state index is 12.7. The van der Waals surface area contributed by atoms with Gasteiger partial charge in [-0.2, -0.15) is 0 Å². The highest BCUT2D eigenvalue weighted by molar-refractivity contribution is 6.01. The second-order valence-corrected chi connectivity index (χ2v) is 8.21. The number of aryl methyl sites for hydroxylation is 1. The summed E-state index contributed by atoms with van der Waals surface area (Å²) in [5.41, 5.74) is 5.25. The van der Waals surface area contributed by atoms with Gasteiger partial charge < -0.3 is 20.5 Å². The van der Waals surface area contributed by atoms with Crippen LogP contribution in [0.3, 0.4) is 0 Å². The van der Waals surface area contributed by atoms with E-state index >= 15 is 0 Å². The minimum atomic E-state index is -0.861. The van der Waals surface area contributed by atoms with E-state index in [-0.39, 0.29) is 24.3 Å². The monoisotopic (exact) mass is 430 g/mol. The van der Waals surface area contributed by atoms with Gasteiger partial charge in [0.25, 0.3) is 0 Å². The first-order chi connectivity index (χ1) is 15.4. The maximum Gasteiger partial charge on any atom is 0.323 e. The zero-order valence-electron chi connectivity index (χ0n) is 18.1. The molecule has 0 fully saturated rings. The number of carbonyl (C=O) groups is 2. The molecule has 6 nitrogen and oxygen atoms in total. The predicted molar refractivity (Wildman–Crippen MR) is 125 cm³/mol. The van der Waals surface area contributed by atoms with Gasteiger partial charge in [-0.1, -0.05) is 61.0 Å². The average molecular weight is 431 g/mol. The van der Waals surface area contributed by atoms with Crippen LogP contribution in [0.25, 0.3) is 0 Å². The Kier molecular flexibility index (Phi) is 6.12. The topological polar surface area (TPSA) is 87.7 Å². The zero-order chi connectivity index (χ0) is 22.7. The molecule has 0 saturated heterocycles. The van der Waals surface area contributed by atoms with E-state index in [0.717, 1.165) is 22.3 Å². The lowest BCUT2D eigenvalue weighted by atomic mass is 9.88. The number of carbonyl (C=O) groups excluding carboxylic acids is 1. The molecule has 164 valence electrons. The van der Waals surface area contributed by atoms with Gasteiger partial charge in [-0.3, -0.25) is 4.79 Å². The summed E-state index contributed by atoms with van der Waals surface area (Å²) < 4.78 is 6.02. The molecule has 0 saturated carbocycles. The molecule has 0 aliphatic carbocycles. The lowest BCUT2D eigenvalue weighted by Crippen LogP contribution is -2.20. The number of fused-ring (bicyclic) bond motifs is 1. The molecule has 3 N–H and O–H groups in total. The number of rotatable bonds is 6. The lowest BCUT2D eigenvalue weighted by molar-refractivity contribution is -0.137. The summed E-state index contributed by atoms with van der Waals surface area (Å²) in [6.07, 6.45) is 0.00461. The SMILES string of the molecule is Cc1ccc(NC(=O)Nc2cc(C(C)CC(=O)O)cc3c2OC[C@H]3c2ccccc2)cc1. The standard InChI is InChI=1S/C26H26N2O4/c1-16-8-10-20(11-9-16)27-26(31)28-23-14-19(17(2)12-24(29)30)13-21-22(15-32-25(21)23)18-6-4-3-5-7-18/h3-11,13-14,17,22H,12,15H2,1-2H3,(H,29,30)(H2,27,28,31)/t17?,22-/m0/s1. The van der Waals surface area contributed by atoms with Crippen molar-refractivity contribution in [2.75, 3.05) is 17.2 Å². The van der Waals surface area contributed by atoms with E-state index in [1.54, 1.807) is 0 Å². The third kappa shape index (κ3) is 4.75. The summed E-state index contributed by atoms with van der Waals surface area (Å²) in [6, 6.07) is 21.0. The van der Waals surface area contributed by atoms with Gasteiger partial charge >= 0.3 is 12.0 Å². The number of urea groups is 1. The Hall–Kier alpha value is -3.80. The van der Waals surface area contributed by atoms with Crippen LogP contribution >= 0.6 is 0 Å². The van der Waals surface area contributed by atoms with Crippen LogP contribution in [0.15, 0.2) is 66.7 Å². The predicted octanol–water partition coefficient (Wildman–Crippen LogP) is 5.74. The van der Waals surface area contributed by atoms with Crippen molar-refractivity contribution >= 4 is 23.4 Å². The Balaban J connectivity index is 1.66. The van der Waals surface area contributed by atoms with Crippen LogP contribution in [-0.4, -0.2) is 23.7 Å². The van der Waals surface area contributed by atoms with Crippen LogP contribution in [0.2, 0.25) is 0 Å². The summed E-state index contributed by atoms with van der Waals surface area (Å²) in [5, 5.41) is 15.0. The first-order valence-electron chi connectivity index (χ1n) is 10.6. The smallest absolute Gasteiger partial charge is 0.323 e. The molecule has 0 radical (unpaired) electrons. The summed E-state index contributed by atoms with van der Waals surface area (Å²) in [7, 11) is 0. The second-order valence-electron chi connectivity index (χ2n) is 8.21. The van der Waals surface area contributed by atoms with E-state index in [1.165, 1.54) is 0 Å². The first-order valence-corrected chi connectivity index (χ1v) is 10.6. The number of anilines is 2. The van der Waals surface area contributed by atoms with E-state index in [0.29, 0.717) is 23.7 Å². The molecule has 3 aromatic rings. The fraction of sp³-hybridized carbons (Fsp3) is 0.231. The summed E-state index contributed by atoms with van der Waals surface area (Å²) >= 11 is 0. The molecule has 1 aliphatic heterocycles. The summed E-state index contributed by atoms with van der Waals surface area (Å²) in [4.78, 5) is 24.0. The minimum Gasteiger partial charge on any atom is -0.490 e. The van der Waals surface area contributed by atoms with E-state index < -0.39 is 5.97 Å². The molecule has 2 atom stereocenters. The van der Waals surface area contributed by atoms with Gasteiger partial charge in [0.1, 0.15) is 5.75 Å². The van der Waals surface area contributed by atoms with E-state index in [1.807, 2.05) is 80.6 Å². The zero-order valence-corrected chi connectivity index (χ0v) is 18.1. The van der Waals surface area contributed by atoms with Crippen molar-refractivity contribution in [3.63, 3.8) is 0 Å². The Morgan fingerprint density at radius 1 is 1.06 bits per heavy atom. The van der Waals surface area contributed by atoms with Gasteiger partial charge in [-0.25, -0.2) is 4.79 Å². The molecule has 2 amide bonds. The Morgan fingerprint density at radius 2 is 1.78 bits per heavy atom. The van der Waals surface area contributed by atoms with Crippen molar-refractivity contribution in [1.29, 1.82) is 0 Å². The summed E-state index contributed by atoms with van der Waals surface area (Å²) in [6.45, 7) is 4.32. The van der Waals surface area contributed by atoms with Crippen molar-refractivity contribution in [2.24, 2.45) is 0 Å². The number of hydrogen-bond acceptors (Lipinski definition) is 3. The van der Waals surface area contributed by atoms with Crippen molar-refractivity contribution in [2.45, 2.75) is 32.1 Å². The van der Waals surface area contributed by atoms with Crippen LogP contribution < -0.4 is 15.4 Å². The molecule has 0 aromatic heterocycles. The molecule has 32 heavy (non-hydrogen) atoms. The number of amides is 2. The number of carboxylic acids is 1. The van der Waals surface area contributed by atoms with E-state index in [9.17, 15) is 14.7 Å². The molecule has 0 spiro atoms. The van der Waals surface area contributed by atoms with Crippen molar-refractivity contribution < 1.29 is 19.4 Å². The fourth-order valence-corrected chi connectivity index (χ4v) is 3.99. The van der Waals surface area contributed by atoms with Gasteiger partial charge in [0.15, 0.2) is 0 Å². The molecule has 1 unspecified atom stereocenters. The highest BCUT2D eigenvalue weighted by Crippen LogP contribution is 2.45. The van der Waals surface area contributed by atoms with Crippen LogP contribution in [0.1, 0.15) is 47.4 Å². The molecule has 4 rings (SSSR count). The normalized spacial score (nSPS) is 15.4. The molecular weight excluding hydrogens is 404 g/mol. The number of aliphatic carboxylic acids is 1. The largest absolute Gasteiger partial charge is 0.490 e. The van der Waals surface area contributed by atoms with Gasteiger partial charge in [-0.05, 0) is 42.2 Å². The first kappa shape index (κ1) is 21.4. The maximum atomic E-state index is 12.7. The third-order valence-electron chi connectivity index (χ3n) is 5.72. The quantitative estimate of drug-likeness (QED) is 0.465. The van der Waals surface area contributed by atoms with Gasteiger partial charge in [0, 0.05) is 17.2 Å². The van der Waals surface area contributed by atoms with Crippen molar-refractivity contribution in [1.82, 2.24) is 0 Å². The summed E-state index contributed by atoms with van der Waals surface area (Å²) in [5.74, 6) is -0.427. The lowest BCUT2D eigenvalue weighted by Gasteiger charge is -2.17. The Morgan fingerprint density at radius 3 is 2.47 bits per heavy atom. The number of nitrogens with one attached hydrogen (secondary N) is 2. The highest BCUT2D eigenvalue weighted by Gasteiger charge is 2.30. The van der Waals surface area contributed by atoms with Crippen LogP contribution in [-0.2, 0) is 4.79 Å². The Labute approximate surface area is 187 Å². The Bertz CT molecular complexity index is 1130. The van der Waals surface area contributed by atoms with Crippen molar-refractivity contribution in [3.05, 3.63) is 89.0 Å². The highest BCUT2D eigenvalue weighted by atomic mass is 16.5. The van der Waals surface area contributed by atoms with Crippen LogP contribution in [0.4, 0.5) is 16.2 Å². The molecule has 3 aromatic carbocycles. The fourth-order valence-electron chi connectivity index (χ4n) is 3.99. The van der Waals surface area contributed by atoms with Crippen LogP contribution in [0.5, 0.6) is 5.75 Å². The van der Waals surface area contributed by atoms with Gasteiger partial charge in [0.2, 0.25) is 0 Å². The average Bonchev–Trinajstić information content (AvgIpc) is 3.20. The molecule has 6 heteroatoms. The van der Waals surface area contributed by atoms with E-state index in [4.69, 9.17) is 4.74 Å². The van der Waals surface area contributed by atoms with Gasteiger partial charge in [0.05, 0.1) is 18.7 Å². The molecule has 0 bridgehead atoms. The number of carboxylic acid groups (broad SMARTS) is 1. The molecule has 1 aliphatic rings. The minimum absolute atomic E-state index is 0.00461. The number of ether oxygens (including phenoxy) is 1. The van der Waals surface area contributed by atoms with E-state index in [2.05, 4.69) is 10.6 Å². The van der Waals surface area contributed by atoms with Crippen LogP contribution in [0, 0.1) is 6.92 Å². The third-order valence-corrected chi connectivity index (χ3v) is 5.72. The molecular formula is C26H26N2O4. The second kappa shape index (κ2) is 9.14. The number of hydrogen-bond donors (Lipinski definition) is 3.